The minimum Gasteiger partial charge on any atom is -0.497 e. The number of ether oxygens (including phenoxy) is 1. The first-order valence-corrected chi connectivity index (χ1v) is 7.99. The molecule has 0 fully saturated rings. The molecule has 0 aromatic heterocycles. The molecule has 6 heteroatoms. The number of hydrazone groups is 1. The van der Waals surface area contributed by atoms with Gasteiger partial charge in [0, 0.05) is 5.56 Å². The Kier molecular flexibility index (Phi) is 4.71. The SMILES string of the molecule is COc1ccc2c(c1)CCCC2=NNc1cc(C(=O)O)ccc1Cl. The maximum absolute atomic E-state index is 11.1. The van der Waals surface area contributed by atoms with Crippen LogP contribution >= 0.6 is 11.6 Å². The van der Waals surface area contributed by atoms with Gasteiger partial charge < -0.3 is 9.84 Å². The summed E-state index contributed by atoms with van der Waals surface area (Å²) in [6, 6.07) is 10.4. The Balaban J connectivity index is 1.89. The van der Waals surface area contributed by atoms with Crippen LogP contribution in [0.25, 0.3) is 0 Å². The number of aromatic carboxylic acids is 1. The van der Waals surface area contributed by atoms with Gasteiger partial charge in [-0.3, -0.25) is 5.43 Å². The molecule has 24 heavy (non-hydrogen) atoms. The summed E-state index contributed by atoms with van der Waals surface area (Å²) in [7, 11) is 1.65. The molecule has 0 heterocycles. The van der Waals surface area contributed by atoms with Gasteiger partial charge in [-0.15, -0.1) is 0 Å². The minimum absolute atomic E-state index is 0.163. The molecule has 0 saturated heterocycles. The predicted molar refractivity (Wildman–Crippen MR) is 94.5 cm³/mol. The smallest absolute Gasteiger partial charge is 0.335 e. The largest absolute Gasteiger partial charge is 0.497 e. The zero-order valence-electron chi connectivity index (χ0n) is 13.2. The number of nitrogens with zero attached hydrogens (tertiary/aromatic N) is 1. The van der Waals surface area contributed by atoms with Crippen molar-refractivity contribution in [3.63, 3.8) is 0 Å². The maximum atomic E-state index is 11.1. The minimum atomic E-state index is -1.00. The van der Waals surface area contributed by atoms with E-state index in [0.29, 0.717) is 10.7 Å². The standard InChI is InChI=1S/C18H17ClN2O3/c1-24-13-6-7-14-11(9-13)3-2-4-16(14)20-21-17-10-12(18(22)23)5-8-15(17)19/h5-10,21H,2-4H2,1H3,(H,22,23). The highest BCUT2D eigenvalue weighted by atomic mass is 35.5. The van der Waals surface area contributed by atoms with Crippen molar-refractivity contribution < 1.29 is 14.6 Å². The lowest BCUT2D eigenvalue weighted by atomic mass is 9.90. The van der Waals surface area contributed by atoms with Crippen molar-refractivity contribution in [1.29, 1.82) is 0 Å². The molecule has 3 rings (SSSR count). The number of fused-ring (bicyclic) bond motifs is 1. The number of carbonyl (C=O) groups is 1. The second kappa shape index (κ2) is 6.93. The van der Waals surface area contributed by atoms with E-state index in [1.165, 1.54) is 17.7 Å². The number of carboxylic acid groups (broad SMARTS) is 1. The van der Waals surface area contributed by atoms with Gasteiger partial charge in [-0.2, -0.15) is 5.10 Å². The van der Waals surface area contributed by atoms with Crippen LogP contribution in [-0.2, 0) is 6.42 Å². The Morgan fingerprint density at radius 2 is 2.08 bits per heavy atom. The van der Waals surface area contributed by atoms with Gasteiger partial charge in [-0.25, -0.2) is 4.79 Å². The van der Waals surface area contributed by atoms with Crippen molar-refractivity contribution in [3.05, 3.63) is 58.1 Å². The van der Waals surface area contributed by atoms with E-state index in [2.05, 4.69) is 10.5 Å². The van der Waals surface area contributed by atoms with Crippen molar-refractivity contribution in [2.24, 2.45) is 5.10 Å². The Bertz CT molecular complexity index is 818. The van der Waals surface area contributed by atoms with Crippen LogP contribution in [0.3, 0.4) is 0 Å². The van der Waals surface area contributed by atoms with E-state index in [4.69, 9.17) is 21.4 Å². The van der Waals surface area contributed by atoms with Gasteiger partial charge >= 0.3 is 5.97 Å². The van der Waals surface area contributed by atoms with Crippen LogP contribution in [0.1, 0.15) is 34.3 Å². The van der Waals surface area contributed by atoms with Gasteiger partial charge in [0.25, 0.3) is 0 Å². The van der Waals surface area contributed by atoms with E-state index in [1.54, 1.807) is 13.2 Å². The first kappa shape index (κ1) is 16.3. The predicted octanol–water partition coefficient (Wildman–Crippen LogP) is 4.20. The first-order chi connectivity index (χ1) is 11.6. The average Bonchev–Trinajstić information content (AvgIpc) is 2.60. The lowest BCUT2D eigenvalue weighted by Crippen LogP contribution is -2.13. The number of hydrogen-bond donors (Lipinski definition) is 2. The normalized spacial score (nSPS) is 15.0. The summed E-state index contributed by atoms with van der Waals surface area (Å²) in [5.41, 5.74) is 6.76. The van der Waals surface area contributed by atoms with Gasteiger partial charge in [-0.05, 0) is 61.2 Å². The van der Waals surface area contributed by atoms with Gasteiger partial charge in [0.15, 0.2) is 0 Å². The number of hydrogen-bond acceptors (Lipinski definition) is 4. The fourth-order valence-corrected chi connectivity index (χ4v) is 2.91. The van der Waals surface area contributed by atoms with Gasteiger partial charge in [0.2, 0.25) is 0 Å². The highest BCUT2D eigenvalue weighted by Crippen LogP contribution is 2.27. The third-order valence-corrected chi connectivity index (χ3v) is 4.34. The van der Waals surface area contributed by atoms with Crippen molar-refractivity contribution in [1.82, 2.24) is 0 Å². The highest BCUT2D eigenvalue weighted by Gasteiger charge is 2.16. The number of anilines is 1. The van der Waals surface area contributed by atoms with E-state index >= 15 is 0 Å². The number of aryl methyl sites for hydroxylation is 1. The molecule has 0 amide bonds. The highest BCUT2D eigenvalue weighted by molar-refractivity contribution is 6.33. The quantitative estimate of drug-likeness (QED) is 0.815. The van der Waals surface area contributed by atoms with E-state index < -0.39 is 5.97 Å². The number of rotatable bonds is 4. The van der Waals surface area contributed by atoms with Gasteiger partial charge in [-0.1, -0.05) is 11.6 Å². The van der Waals surface area contributed by atoms with Crippen LogP contribution in [-0.4, -0.2) is 23.9 Å². The van der Waals surface area contributed by atoms with Crippen LogP contribution in [0.2, 0.25) is 5.02 Å². The molecule has 2 aromatic rings. The van der Waals surface area contributed by atoms with E-state index in [0.717, 1.165) is 36.3 Å². The molecule has 124 valence electrons. The lowest BCUT2D eigenvalue weighted by Gasteiger charge is -2.19. The van der Waals surface area contributed by atoms with Crippen LogP contribution in [0.4, 0.5) is 5.69 Å². The second-order valence-corrected chi connectivity index (χ2v) is 5.95. The molecule has 2 N–H and O–H groups in total. The van der Waals surface area contributed by atoms with Crippen molar-refractivity contribution in [3.8, 4) is 5.75 Å². The molecule has 1 aliphatic carbocycles. The van der Waals surface area contributed by atoms with Crippen molar-refractivity contribution >= 4 is 29.0 Å². The van der Waals surface area contributed by atoms with Crippen LogP contribution < -0.4 is 10.2 Å². The number of halogens is 1. The number of nitrogens with one attached hydrogen (secondary N) is 1. The molecule has 1 aliphatic rings. The molecule has 0 unspecified atom stereocenters. The summed E-state index contributed by atoms with van der Waals surface area (Å²) in [4.78, 5) is 11.1. The molecule has 0 saturated carbocycles. The van der Waals surface area contributed by atoms with Crippen LogP contribution in [0, 0.1) is 0 Å². The third-order valence-electron chi connectivity index (χ3n) is 4.01. The van der Waals surface area contributed by atoms with Gasteiger partial charge in [0.1, 0.15) is 5.75 Å². The van der Waals surface area contributed by atoms with E-state index in [-0.39, 0.29) is 5.56 Å². The molecule has 0 bridgehead atoms. The summed E-state index contributed by atoms with van der Waals surface area (Å²) >= 11 is 6.12. The molecule has 0 radical (unpaired) electrons. The first-order valence-electron chi connectivity index (χ1n) is 7.61. The maximum Gasteiger partial charge on any atom is 0.335 e. The number of benzene rings is 2. The van der Waals surface area contributed by atoms with Crippen LogP contribution in [0.15, 0.2) is 41.5 Å². The Morgan fingerprint density at radius 1 is 1.25 bits per heavy atom. The summed E-state index contributed by atoms with van der Waals surface area (Å²) in [6.07, 6.45) is 2.84. The van der Waals surface area contributed by atoms with Crippen molar-refractivity contribution in [2.75, 3.05) is 12.5 Å². The summed E-state index contributed by atoms with van der Waals surface area (Å²) < 4.78 is 5.27. The zero-order chi connectivity index (χ0) is 17.1. The molecule has 0 atom stereocenters. The summed E-state index contributed by atoms with van der Waals surface area (Å²) in [5, 5.41) is 14.0. The molecular weight excluding hydrogens is 328 g/mol. The van der Waals surface area contributed by atoms with Crippen LogP contribution in [0.5, 0.6) is 5.75 Å². The Morgan fingerprint density at radius 3 is 2.83 bits per heavy atom. The molecule has 2 aromatic carbocycles. The summed E-state index contributed by atoms with van der Waals surface area (Å²) in [6.45, 7) is 0. The monoisotopic (exact) mass is 344 g/mol. The third kappa shape index (κ3) is 3.36. The fraction of sp³-hybridized carbons (Fsp3) is 0.222. The number of carboxylic acids is 1. The average molecular weight is 345 g/mol. The zero-order valence-corrected chi connectivity index (χ0v) is 13.9. The topological polar surface area (TPSA) is 70.9 Å². The van der Waals surface area contributed by atoms with Gasteiger partial charge in [0.05, 0.1) is 29.1 Å². The fourth-order valence-electron chi connectivity index (χ4n) is 2.75. The Labute approximate surface area is 144 Å². The molecule has 0 spiro atoms. The van der Waals surface area contributed by atoms with E-state index in [1.807, 2.05) is 18.2 Å². The second-order valence-electron chi connectivity index (χ2n) is 5.55. The van der Waals surface area contributed by atoms with Crippen molar-refractivity contribution in [2.45, 2.75) is 19.3 Å². The Hall–Kier alpha value is -2.53. The van der Waals surface area contributed by atoms with E-state index in [9.17, 15) is 4.79 Å². The molecule has 0 aliphatic heterocycles. The number of methoxy groups -OCH3 is 1. The lowest BCUT2D eigenvalue weighted by molar-refractivity contribution is 0.0697. The summed E-state index contributed by atoms with van der Waals surface area (Å²) in [5.74, 6) is -0.169. The molecule has 5 nitrogen and oxygen atoms in total. The molecular formula is C18H17ClN2O3.